The summed E-state index contributed by atoms with van der Waals surface area (Å²) in [4.78, 5) is 15.4. The number of aromatic nitrogens is 1. The molecule has 78 valence electrons. The Labute approximate surface area is 95.4 Å². The number of hydrogen-bond donors (Lipinski definition) is 0. The normalized spacial score (nSPS) is 10.8. The van der Waals surface area contributed by atoms with Crippen molar-refractivity contribution >= 4 is 11.3 Å². The summed E-state index contributed by atoms with van der Waals surface area (Å²) in [5, 5.41) is 0. The van der Waals surface area contributed by atoms with E-state index in [1.807, 2.05) is 42.5 Å². The van der Waals surface area contributed by atoms with Crippen molar-refractivity contribution in [3.63, 3.8) is 0 Å². The highest BCUT2D eigenvalue weighted by Crippen LogP contribution is 2.28. The number of rotatable bonds is 1. The second kappa shape index (κ2) is 3.57. The van der Waals surface area contributed by atoms with Gasteiger partial charge in [0.05, 0.1) is 4.88 Å². The third-order valence-corrected chi connectivity index (χ3v) is 3.05. The SMILES string of the molecule is O=c1nc2oc(-c3ccccc3)ccc-2s1. The molecule has 0 N–H and O–H groups in total. The summed E-state index contributed by atoms with van der Waals surface area (Å²) < 4.78 is 5.57. The van der Waals surface area contributed by atoms with Gasteiger partial charge in [-0.25, -0.2) is 0 Å². The zero-order chi connectivity index (χ0) is 11.0. The van der Waals surface area contributed by atoms with Crippen molar-refractivity contribution in [1.29, 1.82) is 0 Å². The fourth-order valence-corrected chi connectivity index (χ4v) is 2.15. The molecule has 0 aliphatic carbocycles. The summed E-state index contributed by atoms with van der Waals surface area (Å²) in [6.07, 6.45) is 0. The fourth-order valence-electron chi connectivity index (χ4n) is 1.52. The van der Waals surface area contributed by atoms with Crippen molar-refractivity contribution in [2.75, 3.05) is 0 Å². The molecule has 0 fully saturated rings. The molecule has 3 rings (SSSR count). The molecule has 1 aromatic carbocycles. The predicted molar refractivity (Wildman–Crippen MR) is 62.7 cm³/mol. The average Bonchev–Trinajstić information content (AvgIpc) is 2.69. The zero-order valence-electron chi connectivity index (χ0n) is 8.21. The van der Waals surface area contributed by atoms with Gasteiger partial charge in [-0.1, -0.05) is 41.7 Å². The van der Waals surface area contributed by atoms with Crippen molar-refractivity contribution in [3.8, 4) is 22.1 Å². The molecular weight excluding hydrogens is 222 g/mol. The molecule has 2 aliphatic heterocycles. The first-order valence-corrected chi connectivity index (χ1v) is 5.61. The highest BCUT2D eigenvalue weighted by atomic mass is 32.1. The van der Waals surface area contributed by atoms with Crippen LogP contribution in [0.2, 0.25) is 0 Å². The molecule has 0 saturated carbocycles. The first kappa shape index (κ1) is 9.30. The molecular formula is C12H7NO2S. The molecule has 2 heterocycles. The van der Waals surface area contributed by atoms with Crippen LogP contribution in [0, 0.1) is 0 Å². The smallest absolute Gasteiger partial charge is 0.330 e. The van der Waals surface area contributed by atoms with Crippen LogP contribution in [0.25, 0.3) is 22.1 Å². The standard InChI is InChI=1S/C12H7NO2S/c14-12-13-11-10(16-12)7-6-9(15-11)8-4-2-1-3-5-8/h1-7H. The molecule has 1 aromatic rings. The summed E-state index contributed by atoms with van der Waals surface area (Å²) in [5.41, 5.74) is 0.977. The first-order chi connectivity index (χ1) is 7.83. The molecule has 3 nitrogen and oxygen atoms in total. The van der Waals surface area contributed by atoms with E-state index in [2.05, 4.69) is 4.98 Å². The Hall–Kier alpha value is -1.94. The van der Waals surface area contributed by atoms with Gasteiger partial charge in [-0.15, -0.1) is 0 Å². The van der Waals surface area contributed by atoms with Gasteiger partial charge in [-0.3, -0.25) is 4.79 Å². The van der Waals surface area contributed by atoms with E-state index in [4.69, 9.17) is 4.42 Å². The Morgan fingerprint density at radius 2 is 1.88 bits per heavy atom. The third-order valence-electron chi connectivity index (χ3n) is 2.25. The highest BCUT2D eigenvalue weighted by Gasteiger charge is 2.12. The summed E-state index contributed by atoms with van der Waals surface area (Å²) >= 11 is 1.10. The molecule has 0 saturated heterocycles. The maximum absolute atomic E-state index is 11.1. The maximum Gasteiger partial charge on any atom is 0.330 e. The molecule has 0 amide bonds. The second-order valence-corrected chi connectivity index (χ2v) is 4.31. The number of thiazole rings is 1. The van der Waals surface area contributed by atoms with E-state index in [-0.39, 0.29) is 4.87 Å². The van der Waals surface area contributed by atoms with Crippen molar-refractivity contribution in [2.45, 2.75) is 0 Å². The lowest BCUT2D eigenvalue weighted by Crippen LogP contribution is -1.90. The van der Waals surface area contributed by atoms with Crippen LogP contribution >= 0.6 is 11.3 Å². The topological polar surface area (TPSA) is 43.1 Å². The summed E-state index contributed by atoms with van der Waals surface area (Å²) in [5.74, 6) is 1.13. The lowest BCUT2D eigenvalue weighted by molar-refractivity contribution is 0.566. The zero-order valence-corrected chi connectivity index (χ0v) is 9.03. The van der Waals surface area contributed by atoms with E-state index in [1.54, 1.807) is 0 Å². The van der Waals surface area contributed by atoms with Gasteiger partial charge in [0.25, 0.3) is 0 Å². The maximum atomic E-state index is 11.1. The summed E-state index contributed by atoms with van der Waals surface area (Å²) in [7, 11) is 0. The molecule has 4 heteroatoms. The Kier molecular flexibility index (Phi) is 2.08. The highest BCUT2D eigenvalue weighted by molar-refractivity contribution is 7.12. The van der Waals surface area contributed by atoms with Gasteiger partial charge in [0.2, 0.25) is 5.89 Å². The number of fused-ring (bicyclic) bond motifs is 1. The molecule has 0 spiro atoms. The molecule has 0 radical (unpaired) electrons. The number of hydrogen-bond acceptors (Lipinski definition) is 4. The Morgan fingerprint density at radius 3 is 2.69 bits per heavy atom. The van der Waals surface area contributed by atoms with Crippen molar-refractivity contribution in [3.05, 3.63) is 52.1 Å². The van der Waals surface area contributed by atoms with Crippen LogP contribution in [-0.4, -0.2) is 4.98 Å². The van der Waals surface area contributed by atoms with E-state index in [9.17, 15) is 4.79 Å². The minimum absolute atomic E-state index is 0.219. The van der Waals surface area contributed by atoms with Gasteiger partial charge in [0, 0.05) is 5.56 Å². The monoisotopic (exact) mass is 229 g/mol. The average molecular weight is 229 g/mol. The largest absolute Gasteiger partial charge is 0.437 e. The Bertz CT molecular complexity index is 642. The molecule has 16 heavy (non-hydrogen) atoms. The minimum Gasteiger partial charge on any atom is -0.437 e. The summed E-state index contributed by atoms with van der Waals surface area (Å²) in [6.45, 7) is 0. The van der Waals surface area contributed by atoms with Gasteiger partial charge < -0.3 is 4.42 Å². The van der Waals surface area contributed by atoms with Crippen LogP contribution < -0.4 is 4.87 Å². The third kappa shape index (κ3) is 1.53. The molecule has 0 atom stereocenters. The van der Waals surface area contributed by atoms with E-state index < -0.39 is 0 Å². The summed E-state index contributed by atoms with van der Waals surface area (Å²) in [6, 6.07) is 13.4. The van der Waals surface area contributed by atoms with Crippen LogP contribution in [0.3, 0.4) is 0 Å². The molecule has 2 aliphatic rings. The van der Waals surface area contributed by atoms with E-state index in [0.29, 0.717) is 5.89 Å². The Balaban J connectivity index is 2.20. The van der Waals surface area contributed by atoms with Crippen LogP contribution in [-0.2, 0) is 0 Å². The Morgan fingerprint density at radius 1 is 1.06 bits per heavy atom. The van der Waals surface area contributed by atoms with E-state index >= 15 is 0 Å². The van der Waals surface area contributed by atoms with E-state index in [0.717, 1.165) is 27.5 Å². The van der Waals surface area contributed by atoms with Crippen molar-refractivity contribution in [1.82, 2.24) is 4.98 Å². The van der Waals surface area contributed by atoms with Crippen molar-refractivity contribution in [2.24, 2.45) is 0 Å². The van der Waals surface area contributed by atoms with Gasteiger partial charge in [0.1, 0.15) is 5.76 Å². The van der Waals surface area contributed by atoms with Crippen LogP contribution in [0.15, 0.2) is 51.7 Å². The quantitative estimate of drug-likeness (QED) is 0.644. The first-order valence-electron chi connectivity index (χ1n) is 4.79. The lowest BCUT2D eigenvalue weighted by atomic mass is 10.1. The van der Waals surface area contributed by atoms with E-state index in [1.165, 1.54) is 0 Å². The van der Waals surface area contributed by atoms with Gasteiger partial charge >= 0.3 is 4.87 Å². The van der Waals surface area contributed by atoms with Gasteiger partial charge in [-0.2, -0.15) is 4.98 Å². The van der Waals surface area contributed by atoms with Gasteiger partial charge in [-0.05, 0) is 12.1 Å². The number of benzene rings is 1. The minimum atomic E-state index is -0.219. The predicted octanol–water partition coefficient (Wildman–Crippen LogP) is 2.87. The van der Waals surface area contributed by atoms with Gasteiger partial charge in [0.15, 0.2) is 0 Å². The fraction of sp³-hybridized carbons (Fsp3) is 0. The molecule has 0 bridgehead atoms. The lowest BCUT2D eigenvalue weighted by Gasteiger charge is -2.01. The van der Waals surface area contributed by atoms with Crippen molar-refractivity contribution < 1.29 is 4.42 Å². The molecule has 0 unspecified atom stereocenters. The van der Waals surface area contributed by atoms with Crippen LogP contribution in [0.5, 0.6) is 0 Å². The second-order valence-electron chi connectivity index (χ2n) is 3.31. The van der Waals surface area contributed by atoms with Crippen LogP contribution in [0.1, 0.15) is 0 Å². The molecule has 0 aromatic heterocycles. The number of nitrogens with zero attached hydrogens (tertiary/aromatic N) is 1. The van der Waals surface area contributed by atoms with Crippen LogP contribution in [0.4, 0.5) is 0 Å².